The maximum absolute atomic E-state index is 9.92. The Hall–Kier alpha value is -1.34. The number of aliphatic hydroxyl groups is 1. The van der Waals surface area contributed by atoms with E-state index in [1.807, 2.05) is 32.0 Å². The topological polar surface area (TPSA) is 57.6 Å². The fourth-order valence-corrected chi connectivity index (χ4v) is 2.96. The molecular formula is C17H21BrClN3O2. The number of likely N-dealkylation sites (N-methyl/N-ethyl adjacent to an activating group) is 1. The normalized spacial score (nSPS) is 13.7. The molecule has 24 heavy (non-hydrogen) atoms. The van der Waals surface area contributed by atoms with Crippen molar-refractivity contribution in [3.63, 3.8) is 0 Å². The summed E-state index contributed by atoms with van der Waals surface area (Å²) in [6.45, 7) is 3.66. The predicted molar refractivity (Wildman–Crippen MR) is 101 cm³/mol. The number of hydrogen-bond acceptors (Lipinski definition) is 5. The Kier molecular flexibility index (Phi) is 6.46. The molecule has 2 rings (SSSR count). The maximum Gasteiger partial charge on any atom is 0.178 e. The van der Waals surface area contributed by atoms with Crippen LogP contribution in [-0.4, -0.2) is 41.4 Å². The van der Waals surface area contributed by atoms with Gasteiger partial charge in [-0.15, -0.1) is 0 Å². The molecule has 0 fully saturated rings. The molecule has 0 spiro atoms. The smallest absolute Gasteiger partial charge is 0.178 e. The Morgan fingerprint density at radius 3 is 2.62 bits per heavy atom. The quantitative estimate of drug-likeness (QED) is 0.694. The molecular weight excluding hydrogens is 394 g/mol. The Morgan fingerprint density at radius 2 is 2.04 bits per heavy atom. The number of nitrogens with zero attached hydrogens (tertiary/aromatic N) is 2. The van der Waals surface area contributed by atoms with E-state index >= 15 is 0 Å². The minimum atomic E-state index is -0.659. The summed E-state index contributed by atoms with van der Waals surface area (Å²) in [6, 6.07) is 7.25. The van der Waals surface area contributed by atoms with Crippen LogP contribution in [0.4, 0.5) is 11.5 Å². The molecule has 0 bridgehead atoms. The number of anilines is 2. The summed E-state index contributed by atoms with van der Waals surface area (Å²) in [5, 5.41) is 13.7. The Labute approximate surface area is 155 Å². The van der Waals surface area contributed by atoms with Crippen molar-refractivity contribution in [2.24, 2.45) is 0 Å². The average molecular weight is 415 g/mol. The summed E-state index contributed by atoms with van der Waals surface area (Å²) < 4.78 is 6.81. The van der Waals surface area contributed by atoms with E-state index in [9.17, 15) is 5.11 Å². The van der Waals surface area contributed by atoms with Crippen molar-refractivity contribution in [1.29, 1.82) is 0 Å². The third-order valence-electron chi connectivity index (χ3n) is 3.34. The van der Waals surface area contributed by atoms with Crippen LogP contribution < -0.4 is 10.1 Å². The molecule has 2 N–H and O–H groups in total. The highest BCUT2D eigenvalue weighted by molar-refractivity contribution is 9.10. The van der Waals surface area contributed by atoms with Gasteiger partial charge in [-0.2, -0.15) is 0 Å². The first-order valence-electron chi connectivity index (χ1n) is 7.48. The van der Waals surface area contributed by atoms with Crippen molar-refractivity contribution in [2.75, 3.05) is 19.4 Å². The van der Waals surface area contributed by atoms with Crippen molar-refractivity contribution in [3.05, 3.63) is 45.5 Å². The number of benzene rings is 1. The second-order valence-corrected chi connectivity index (χ2v) is 7.11. The molecule has 2 unspecified atom stereocenters. The van der Waals surface area contributed by atoms with Gasteiger partial charge in [0.2, 0.25) is 0 Å². The maximum atomic E-state index is 9.92. The summed E-state index contributed by atoms with van der Waals surface area (Å²) >= 11 is 9.62. The summed E-state index contributed by atoms with van der Waals surface area (Å²) in [5.41, 5.74) is 1.73. The van der Waals surface area contributed by atoms with Crippen LogP contribution in [0.25, 0.3) is 0 Å². The van der Waals surface area contributed by atoms with Gasteiger partial charge in [0.15, 0.2) is 6.23 Å². The van der Waals surface area contributed by atoms with Gasteiger partial charge >= 0.3 is 0 Å². The fraction of sp³-hybridized carbons (Fsp3) is 0.353. The molecule has 5 nitrogen and oxygen atoms in total. The first-order chi connectivity index (χ1) is 11.3. The third-order valence-corrected chi connectivity index (χ3v) is 4.18. The summed E-state index contributed by atoms with van der Waals surface area (Å²) in [4.78, 5) is 6.19. The van der Waals surface area contributed by atoms with Gasteiger partial charge in [0.05, 0.1) is 10.2 Å². The molecule has 7 heteroatoms. The van der Waals surface area contributed by atoms with E-state index in [0.29, 0.717) is 22.3 Å². The molecule has 1 heterocycles. The second-order valence-electron chi connectivity index (χ2n) is 5.82. The minimum absolute atomic E-state index is 0.485. The molecule has 0 amide bonds. The van der Waals surface area contributed by atoms with Gasteiger partial charge in [-0.25, -0.2) is 4.98 Å². The van der Waals surface area contributed by atoms with Crippen molar-refractivity contribution >= 4 is 39.0 Å². The highest BCUT2D eigenvalue weighted by atomic mass is 79.9. The van der Waals surface area contributed by atoms with Crippen molar-refractivity contribution < 1.29 is 9.84 Å². The van der Waals surface area contributed by atoms with E-state index < -0.39 is 12.3 Å². The number of hydrogen-bond donors (Lipinski definition) is 2. The lowest BCUT2D eigenvalue weighted by Gasteiger charge is -2.28. The molecule has 130 valence electrons. The molecule has 1 aromatic heterocycles. The van der Waals surface area contributed by atoms with E-state index in [0.717, 1.165) is 10.0 Å². The van der Waals surface area contributed by atoms with Gasteiger partial charge in [-0.3, -0.25) is 4.90 Å². The molecule has 0 saturated heterocycles. The Morgan fingerprint density at radius 1 is 1.33 bits per heavy atom. The second kappa shape index (κ2) is 8.16. The van der Waals surface area contributed by atoms with Crippen molar-refractivity contribution in [1.82, 2.24) is 9.88 Å². The molecule has 2 aromatic rings. The minimum Gasteiger partial charge on any atom is -0.470 e. The van der Waals surface area contributed by atoms with Gasteiger partial charge in [0, 0.05) is 11.2 Å². The zero-order chi connectivity index (χ0) is 17.9. The number of ether oxygens (including phenoxy) is 1. The van der Waals surface area contributed by atoms with Gasteiger partial charge in [0.25, 0.3) is 0 Å². The van der Waals surface area contributed by atoms with Crippen LogP contribution in [0.5, 0.6) is 5.75 Å². The van der Waals surface area contributed by atoms with Crippen LogP contribution in [0, 0.1) is 6.92 Å². The average Bonchev–Trinajstić information content (AvgIpc) is 2.48. The SMILES string of the molecule is Cc1cnc(Nc2cc(Cl)ccc2OC(C(C)O)N(C)C)c(Br)c1. The van der Waals surface area contributed by atoms with E-state index in [1.54, 1.807) is 31.3 Å². The lowest BCUT2D eigenvalue weighted by molar-refractivity contribution is -0.0344. The standard InChI is InChI=1S/C17H21BrClN3O2/c1-10-7-13(18)16(20-9-10)21-14-8-12(19)5-6-15(14)24-17(11(2)23)22(3)4/h5-9,11,17,23H,1-4H3,(H,20,21). The van der Waals surface area contributed by atoms with E-state index in [-0.39, 0.29) is 0 Å². The number of aryl methyl sites for hydroxylation is 1. The number of nitrogens with one attached hydrogen (secondary N) is 1. The summed E-state index contributed by atoms with van der Waals surface area (Å²) in [5.74, 6) is 1.24. The number of rotatable bonds is 6. The number of pyridine rings is 1. The lowest BCUT2D eigenvalue weighted by Crippen LogP contribution is -2.42. The largest absolute Gasteiger partial charge is 0.470 e. The van der Waals surface area contributed by atoms with Crippen molar-refractivity contribution in [2.45, 2.75) is 26.2 Å². The first-order valence-corrected chi connectivity index (χ1v) is 8.65. The predicted octanol–water partition coefficient (Wildman–Crippen LogP) is 4.20. The zero-order valence-electron chi connectivity index (χ0n) is 14.0. The molecule has 0 radical (unpaired) electrons. The molecule has 0 aliphatic heterocycles. The molecule has 0 saturated carbocycles. The van der Waals surface area contributed by atoms with Crippen LogP contribution in [0.1, 0.15) is 12.5 Å². The van der Waals surface area contributed by atoms with Gasteiger partial charge < -0.3 is 15.2 Å². The van der Waals surface area contributed by atoms with Gasteiger partial charge in [-0.1, -0.05) is 11.6 Å². The molecule has 0 aliphatic rings. The summed E-state index contributed by atoms with van der Waals surface area (Å²) in [6.07, 6.45) is 0.630. The lowest BCUT2D eigenvalue weighted by atomic mass is 10.2. The molecule has 1 aromatic carbocycles. The van der Waals surface area contributed by atoms with Crippen LogP contribution in [-0.2, 0) is 0 Å². The number of aliphatic hydroxyl groups excluding tert-OH is 1. The van der Waals surface area contributed by atoms with Crippen LogP contribution >= 0.6 is 27.5 Å². The third kappa shape index (κ3) is 4.83. The highest BCUT2D eigenvalue weighted by Crippen LogP contribution is 2.33. The van der Waals surface area contributed by atoms with Crippen LogP contribution in [0.15, 0.2) is 34.9 Å². The van der Waals surface area contributed by atoms with E-state index in [2.05, 4.69) is 26.2 Å². The monoisotopic (exact) mass is 413 g/mol. The Bertz CT molecular complexity index is 702. The van der Waals surface area contributed by atoms with E-state index in [1.165, 1.54) is 0 Å². The van der Waals surface area contributed by atoms with Crippen molar-refractivity contribution in [3.8, 4) is 5.75 Å². The van der Waals surface area contributed by atoms with Gasteiger partial charge in [0.1, 0.15) is 17.7 Å². The number of aromatic nitrogens is 1. The Balaban J connectivity index is 2.33. The zero-order valence-corrected chi connectivity index (χ0v) is 16.4. The fourth-order valence-electron chi connectivity index (χ4n) is 2.22. The number of halogens is 2. The summed E-state index contributed by atoms with van der Waals surface area (Å²) in [7, 11) is 3.69. The van der Waals surface area contributed by atoms with Gasteiger partial charge in [-0.05, 0) is 73.7 Å². The van der Waals surface area contributed by atoms with E-state index in [4.69, 9.17) is 16.3 Å². The van der Waals surface area contributed by atoms with Crippen LogP contribution in [0.2, 0.25) is 5.02 Å². The van der Waals surface area contributed by atoms with Crippen LogP contribution in [0.3, 0.4) is 0 Å². The highest BCUT2D eigenvalue weighted by Gasteiger charge is 2.21. The molecule has 0 aliphatic carbocycles. The molecule has 2 atom stereocenters. The first kappa shape index (κ1) is 19.0.